The molecule has 6 nitrogen and oxygen atoms in total. The van der Waals surface area contributed by atoms with Crippen molar-refractivity contribution in [3.05, 3.63) is 0 Å². The maximum absolute atomic E-state index is 11.4. The maximum atomic E-state index is 11.4. The highest BCUT2D eigenvalue weighted by atomic mass is 16.5. The Morgan fingerprint density at radius 3 is 2.65 bits per heavy atom. The first-order valence-corrected chi connectivity index (χ1v) is 5.65. The van der Waals surface area contributed by atoms with Gasteiger partial charge in [-0.2, -0.15) is 0 Å². The second-order valence-electron chi connectivity index (χ2n) is 3.90. The largest absolute Gasteiger partial charge is 0.450 e. The van der Waals surface area contributed by atoms with Gasteiger partial charge in [0.2, 0.25) is 0 Å². The fraction of sp³-hybridized carbons (Fsp3) is 0.727. The SMILES string of the molecule is CCCCOC(=O)N[C@@H](C)C(=O)/N=C/N(C)C. The van der Waals surface area contributed by atoms with Gasteiger partial charge in [-0.05, 0) is 13.3 Å². The van der Waals surface area contributed by atoms with Crippen LogP contribution in [0.15, 0.2) is 4.99 Å². The van der Waals surface area contributed by atoms with Crippen molar-refractivity contribution in [2.24, 2.45) is 4.99 Å². The summed E-state index contributed by atoms with van der Waals surface area (Å²) in [5, 5.41) is 2.42. The summed E-state index contributed by atoms with van der Waals surface area (Å²) in [7, 11) is 3.52. The van der Waals surface area contributed by atoms with E-state index < -0.39 is 18.0 Å². The van der Waals surface area contributed by atoms with Crippen LogP contribution in [0, 0.1) is 0 Å². The molecule has 0 aliphatic rings. The number of ether oxygens (including phenoxy) is 1. The fourth-order valence-corrected chi connectivity index (χ4v) is 0.874. The van der Waals surface area contributed by atoms with E-state index in [0.717, 1.165) is 12.8 Å². The van der Waals surface area contributed by atoms with E-state index in [0.29, 0.717) is 6.61 Å². The monoisotopic (exact) mass is 243 g/mol. The van der Waals surface area contributed by atoms with Crippen molar-refractivity contribution < 1.29 is 14.3 Å². The highest BCUT2D eigenvalue weighted by Gasteiger charge is 2.14. The number of alkyl carbamates (subject to hydrolysis) is 1. The standard InChI is InChI=1S/C11H21N3O3/c1-5-6-7-17-11(16)13-9(2)10(15)12-8-14(3)4/h8-9H,5-7H2,1-4H3,(H,13,16)/b12-8+/t9-/m0/s1. The maximum Gasteiger partial charge on any atom is 0.407 e. The van der Waals surface area contributed by atoms with Gasteiger partial charge in [0.05, 0.1) is 12.9 Å². The summed E-state index contributed by atoms with van der Waals surface area (Å²) in [6.07, 6.45) is 2.58. The van der Waals surface area contributed by atoms with E-state index in [2.05, 4.69) is 10.3 Å². The summed E-state index contributed by atoms with van der Waals surface area (Å²) in [6, 6.07) is -0.680. The molecule has 0 aromatic heterocycles. The molecular formula is C11H21N3O3. The number of carbonyl (C=O) groups is 2. The quantitative estimate of drug-likeness (QED) is 0.429. The van der Waals surface area contributed by atoms with E-state index in [1.807, 2.05) is 6.92 Å². The molecule has 0 aromatic rings. The summed E-state index contributed by atoms with van der Waals surface area (Å²) in [6.45, 7) is 3.93. The molecule has 98 valence electrons. The molecular weight excluding hydrogens is 222 g/mol. The Labute approximate surface area is 102 Å². The van der Waals surface area contributed by atoms with Crippen molar-refractivity contribution in [1.29, 1.82) is 0 Å². The van der Waals surface area contributed by atoms with Gasteiger partial charge >= 0.3 is 6.09 Å². The number of rotatable bonds is 6. The van der Waals surface area contributed by atoms with Crippen molar-refractivity contribution in [1.82, 2.24) is 10.2 Å². The topological polar surface area (TPSA) is 71.0 Å². The lowest BCUT2D eigenvalue weighted by molar-refractivity contribution is -0.119. The van der Waals surface area contributed by atoms with E-state index in [4.69, 9.17) is 4.74 Å². The average Bonchev–Trinajstić information content (AvgIpc) is 2.26. The molecule has 0 aliphatic carbocycles. The highest BCUT2D eigenvalue weighted by Crippen LogP contribution is 1.92. The molecule has 0 heterocycles. The minimum absolute atomic E-state index is 0.365. The number of hydrogen-bond donors (Lipinski definition) is 1. The number of aliphatic imine (C=N–C) groups is 1. The summed E-state index contributed by atoms with van der Waals surface area (Å²) in [5.41, 5.74) is 0. The Kier molecular flexibility index (Phi) is 7.75. The predicted octanol–water partition coefficient (Wildman–Crippen LogP) is 1.02. The van der Waals surface area contributed by atoms with Crippen molar-refractivity contribution >= 4 is 18.3 Å². The van der Waals surface area contributed by atoms with Gasteiger partial charge in [-0.3, -0.25) is 4.79 Å². The third-order valence-corrected chi connectivity index (χ3v) is 1.85. The Balaban J connectivity index is 3.94. The van der Waals surface area contributed by atoms with Gasteiger partial charge in [-0.1, -0.05) is 13.3 Å². The Morgan fingerprint density at radius 1 is 1.47 bits per heavy atom. The number of nitrogens with one attached hydrogen (secondary N) is 1. The van der Waals surface area contributed by atoms with Gasteiger partial charge < -0.3 is 15.0 Å². The van der Waals surface area contributed by atoms with E-state index in [9.17, 15) is 9.59 Å². The van der Waals surface area contributed by atoms with Gasteiger partial charge in [0, 0.05) is 14.1 Å². The van der Waals surface area contributed by atoms with Gasteiger partial charge in [0.25, 0.3) is 5.91 Å². The van der Waals surface area contributed by atoms with Crippen LogP contribution in [0.3, 0.4) is 0 Å². The van der Waals surface area contributed by atoms with Crippen molar-refractivity contribution in [3.8, 4) is 0 Å². The Bertz CT molecular complexity index is 277. The third-order valence-electron chi connectivity index (χ3n) is 1.85. The summed E-state index contributed by atoms with van der Waals surface area (Å²) >= 11 is 0. The molecule has 0 bridgehead atoms. The van der Waals surface area contributed by atoms with Gasteiger partial charge in [0.1, 0.15) is 6.04 Å². The highest BCUT2D eigenvalue weighted by molar-refractivity contribution is 5.90. The zero-order valence-corrected chi connectivity index (χ0v) is 10.9. The summed E-state index contributed by atoms with van der Waals surface area (Å²) in [5.74, 6) is -0.411. The van der Waals surface area contributed by atoms with Crippen LogP contribution in [-0.2, 0) is 9.53 Å². The third kappa shape index (κ3) is 8.24. The zero-order chi connectivity index (χ0) is 13.3. The molecule has 1 N–H and O–H groups in total. The minimum Gasteiger partial charge on any atom is -0.450 e. The lowest BCUT2D eigenvalue weighted by Gasteiger charge is -2.11. The number of nitrogens with zero attached hydrogens (tertiary/aromatic N) is 2. The van der Waals surface area contributed by atoms with Crippen LogP contribution < -0.4 is 5.32 Å². The van der Waals surface area contributed by atoms with E-state index >= 15 is 0 Å². The van der Waals surface area contributed by atoms with Crippen molar-refractivity contribution in [2.75, 3.05) is 20.7 Å². The van der Waals surface area contributed by atoms with E-state index in [-0.39, 0.29) is 0 Å². The molecule has 0 aromatic carbocycles. The smallest absolute Gasteiger partial charge is 0.407 e. The average molecular weight is 243 g/mol. The van der Waals surface area contributed by atoms with E-state index in [1.54, 1.807) is 25.9 Å². The molecule has 0 rings (SSSR count). The molecule has 2 amide bonds. The van der Waals surface area contributed by atoms with Crippen LogP contribution in [0.25, 0.3) is 0 Å². The van der Waals surface area contributed by atoms with Gasteiger partial charge in [-0.25, -0.2) is 9.79 Å². The van der Waals surface area contributed by atoms with Crippen LogP contribution >= 0.6 is 0 Å². The number of unbranched alkanes of at least 4 members (excludes halogenated alkanes) is 1. The van der Waals surface area contributed by atoms with E-state index in [1.165, 1.54) is 6.34 Å². The molecule has 0 unspecified atom stereocenters. The first-order chi connectivity index (χ1) is 7.97. The Hall–Kier alpha value is -1.59. The lowest BCUT2D eigenvalue weighted by atomic mass is 10.3. The number of carbonyl (C=O) groups excluding carboxylic acids is 2. The Morgan fingerprint density at radius 2 is 2.12 bits per heavy atom. The second kappa shape index (κ2) is 8.55. The van der Waals surface area contributed by atoms with Crippen LogP contribution in [0.4, 0.5) is 4.79 Å². The molecule has 0 spiro atoms. The first-order valence-electron chi connectivity index (χ1n) is 5.65. The molecule has 0 fully saturated rings. The van der Waals surface area contributed by atoms with Crippen LogP contribution in [0.1, 0.15) is 26.7 Å². The normalized spacial score (nSPS) is 12.2. The van der Waals surface area contributed by atoms with Crippen LogP contribution in [0.5, 0.6) is 0 Å². The van der Waals surface area contributed by atoms with Crippen molar-refractivity contribution in [2.45, 2.75) is 32.7 Å². The van der Waals surface area contributed by atoms with Gasteiger partial charge in [0.15, 0.2) is 0 Å². The molecule has 0 saturated heterocycles. The molecule has 6 heteroatoms. The molecule has 0 radical (unpaired) electrons. The molecule has 0 saturated carbocycles. The minimum atomic E-state index is -0.680. The number of hydrogen-bond acceptors (Lipinski definition) is 3. The molecule has 17 heavy (non-hydrogen) atoms. The zero-order valence-electron chi connectivity index (χ0n) is 10.9. The molecule has 1 atom stereocenters. The number of amides is 2. The van der Waals surface area contributed by atoms with Crippen LogP contribution in [-0.4, -0.2) is 50.0 Å². The summed E-state index contributed by atoms with van der Waals surface area (Å²) in [4.78, 5) is 27.9. The molecule has 0 aliphatic heterocycles. The first kappa shape index (κ1) is 15.4. The summed E-state index contributed by atoms with van der Waals surface area (Å²) < 4.78 is 4.86. The van der Waals surface area contributed by atoms with Crippen LogP contribution in [0.2, 0.25) is 0 Å². The second-order valence-corrected chi connectivity index (χ2v) is 3.90. The van der Waals surface area contributed by atoms with Crippen molar-refractivity contribution in [3.63, 3.8) is 0 Å². The van der Waals surface area contributed by atoms with Gasteiger partial charge in [-0.15, -0.1) is 0 Å². The predicted molar refractivity (Wildman–Crippen MR) is 66.0 cm³/mol. The lowest BCUT2D eigenvalue weighted by Crippen LogP contribution is -2.38. The fourth-order valence-electron chi connectivity index (χ4n) is 0.874.